The Labute approximate surface area is 139 Å². The lowest BCUT2D eigenvalue weighted by Gasteiger charge is -2.05. The summed E-state index contributed by atoms with van der Waals surface area (Å²) in [5.41, 5.74) is 3.87. The highest BCUT2D eigenvalue weighted by Crippen LogP contribution is 2.29. The van der Waals surface area contributed by atoms with Crippen LogP contribution in [0.2, 0.25) is 0 Å². The van der Waals surface area contributed by atoms with Gasteiger partial charge in [-0.2, -0.15) is 0 Å². The summed E-state index contributed by atoms with van der Waals surface area (Å²) in [5.74, 6) is 0.885. The van der Waals surface area contributed by atoms with Crippen LogP contribution in [0.25, 0.3) is 0 Å². The van der Waals surface area contributed by atoms with Crippen molar-refractivity contribution in [2.24, 2.45) is 0 Å². The average Bonchev–Trinajstić information content (AvgIpc) is 2.93. The largest absolute Gasteiger partial charge is 0.301 e. The second kappa shape index (κ2) is 8.29. The zero-order valence-electron chi connectivity index (χ0n) is 13.2. The molecule has 1 N–H and O–H groups in total. The van der Waals surface area contributed by atoms with Crippen LogP contribution >= 0.6 is 23.1 Å². The van der Waals surface area contributed by atoms with Crippen molar-refractivity contribution in [3.05, 3.63) is 34.9 Å². The molecule has 0 fully saturated rings. The number of hydrogen-bond acceptors (Lipinski definition) is 5. The van der Waals surface area contributed by atoms with Gasteiger partial charge in [0.25, 0.3) is 0 Å². The standard InChI is InChI=1S/C16H21N3OS2/c1-4-5-6-14(20)17-15-18-19-16(22-15)21-10-13-9-11(2)7-8-12(13)3/h7-9H,4-6,10H2,1-3H3,(H,17,18,20). The van der Waals surface area contributed by atoms with Gasteiger partial charge in [0, 0.05) is 12.2 Å². The van der Waals surface area contributed by atoms with E-state index in [0.717, 1.165) is 22.9 Å². The van der Waals surface area contributed by atoms with Crippen molar-refractivity contribution < 1.29 is 4.79 Å². The number of nitrogens with zero attached hydrogens (tertiary/aromatic N) is 2. The van der Waals surface area contributed by atoms with E-state index in [1.165, 1.54) is 28.0 Å². The third-order valence-corrected chi connectivity index (χ3v) is 5.29. The van der Waals surface area contributed by atoms with E-state index in [1.807, 2.05) is 0 Å². The first kappa shape index (κ1) is 17.0. The molecule has 22 heavy (non-hydrogen) atoms. The van der Waals surface area contributed by atoms with E-state index in [2.05, 4.69) is 54.5 Å². The summed E-state index contributed by atoms with van der Waals surface area (Å²) in [6.45, 7) is 6.29. The number of nitrogens with one attached hydrogen (secondary N) is 1. The fourth-order valence-electron chi connectivity index (χ4n) is 1.93. The molecule has 0 saturated heterocycles. The SMILES string of the molecule is CCCCC(=O)Nc1nnc(SCc2cc(C)ccc2C)s1. The zero-order valence-corrected chi connectivity index (χ0v) is 14.8. The van der Waals surface area contributed by atoms with Gasteiger partial charge in [-0.25, -0.2) is 0 Å². The number of unbranched alkanes of at least 4 members (excludes halogenated alkanes) is 1. The molecule has 2 aromatic rings. The Bertz CT molecular complexity index is 640. The third-order valence-electron chi connectivity index (χ3n) is 3.27. The number of thioether (sulfide) groups is 1. The Morgan fingerprint density at radius 3 is 2.91 bits per heavy atom. The van der Waals surface area contributed by atoms with Crippen molar-refractivity contribution >= 4 is 34.1 Å². The highest BCUT2D eigenvalue weighted by molar-refractivity contribution is 8.00. The molecule has 0 aliphatic heterocycles. The quantitative estimate of drug-likeness (QED) is 0.594. The van der Waals surface area contributed by atoms with Crippen molar-refractivity contribution in [1.82, 2.24) is 10.2 Å². The molecule has 1 aromatic heterocycles. The summed E-state index contributed by atoms with van der Waals surface area (Å²) in [7, 11) is 0. The van der Waals surface area contributed by atoms with E-state index in [0.29, 0.717) is 11.6 Å². The first-order valence-corrected chi connectivity index (χ1v) is 9.21. The molecule has 1 aromatic carbocycles. The van der Waals surface area contributed by atoms with Crippen LogP contribution in [0.4, 0.5) is 5.13 Å². The number of benzene rings is 1. The number of carbonyl (C=O) groups excluding carboxylic acids is 1. The van der Waals surface area contributed by atoms with E-state index in [4.69, 9.17) is 0 Å². The van der Waals surface area contributed by atoms with Crippen molar-refractivity contribution in [3.63, 3.8) is 0 Å². The van der Waals surface area contributed by atoms with Crippen LogP contribution in [0.3, 0.4) is 0 Å². The predicted octanol–water partition coefficient (Wildman–Crippen LogP) is 4.58. The van der Waals surface area contributed by atoms with E-state index < -0.39 is 0 Å². The first-order valence-electron chi connectivity index (χ1n) is 7.40. The lowest BCUT2D eigenvalue weighted by Crippen LogP contribution is -2.10. The highest BCUT2D eigenvalue weighted by Gasteiger charge is 2.09. The fraction of sp³-hybridized carbons (Fsp3) is 0.438. The number of anilines is 1. The summed E-state index contributed by atoms with van der Waals surface area (Å²) in [5, 5.41) is 11.6. The number of hydrogen-bond donors (Lipinski definition) is 1. The van der Waals surface area contributed by atoms with Gasteiger partial charge in [-0.1, -0.05) is 60.2 Å². The molecular formula is C16H21N3OS2. The van der Waals surface area contributed by atoms with Crippen molar-refractivity contribution in [1.29, 1.82) is 0 Å². The maximum atomic E-state index is 11.7. The maximum absolute atomic E-state index is 11.7. The number of rotatable bonds is 7. The summed E-state index contributed by atoms with van der Waals surface area (Å²) in [6.07, 6.45) is 2.46. The minimum atomic E-state index is 0.0177. The Balaban J connectivity index is 1.89. The van der Waals surface area contributed by atoms with Crippen molar-refractivity contribution in [3.8, 4) is 0 Å². The molecule has 1 amide bonds. The molecule has 0 unspecified atom stereocenters. The minimum Gasteiger partial charge on any atom is -0.301 e. The lowest BCUT2D eigenvalue weighted by molar-refractivity contribution is -0.116. The van der Waals surface area contributed by atoms with E-state index >= 15 is 0 Å². The molecular weight excluding hydrogens is 314 g/mol. The minimum absolute atomic E-state index is 0.0177. The Kier molecular flexibility index (Phi) is 6.39. The molecule has 0 aliphatic rings. The lowest BCUT2D eigenvalue weighted by atomic mass is 10.1. The molecule has 1 heterocycles. The Morgan fingerprint density at radius 2 is 2.14 bits per heavy atom. The number of aryl methyl sites for hydroxylation is 2. The van der Waals surface area contributed by atoms with E-state index in [-0.39, 0.29) is 5.91 Å². The molecule has 0 aliphatic carbocycles. The van der Waals surface area contributed by atoms with Gasteiger partial charge in [0.05, 0.1) is 0 Å². The van der Waals surface area contributed by atoms with E-state index in [1.54, 1.807) is 11.8 Å². The maximum Gasteiger partial charge on any atom is 0.226 e. The van der Waals surface area contributed by atoms with Gasteiger partial charge in [0.15, 0.2) is 4.34 Å². The van der Waals surface area contributed by atoms with Crippen LogP contribution in [0, 0.1) is 13.8 Å². The van der Waals surface area contributed by atoms with Gasteiger partial charge in [-0.3, -0.25) is 4.79 Å². The molecule has 0 radical (unpaired) electrons. The predicted molar refractivity (Wildman–Crippen MR) is 93.5 cm³/mol. The summed E-state index contributed by atoms with van der Waals surface area (Å²) >= 11 is 3.09. The second-order valence-electron chi connectivity index (χ2n) is 5.24. The second-order valence-corrected chi connectivity index (χ2v) is 7.44. The van der Waals surface area contributed by atoms with Gasteiger partial charge < -0.3 is 5.32 Å². The van der Waals surface area contributed by atoms with Gasteiger partial charge in [-0.05, 0) is 31.4 Å². The summed E-state index contributed by atoms with van der Waals surface area (Å²) in [6, 6.07) is 6.47. The zero-order chi connectivity index (χ0) is 15.9. The number of aromatic nitrogens is 2. The summed E-state index contributed by atoms with van der Waals surface area (Å²) in [4.78, 5) is 11.7. The monoisotopic (exact) mass is 335 g/mol. The van der Waals surface area contributed by atoms with Gasteiger partial charge >= 0.3 is 0 Å². The van der Waals surface area contributed by atoms with Crippen LogP contribution in [-0.4, -0.2) is 16.1 Å². The first-order chi connectivity index (χ1) is 10.6. The molecule has 0 bridgehead atoms. The molecule has 0 spiro atoms. The van der Waals surface area contributed by atoms with E-state index in [9.17, 15) is 4.79 Å². The van der Waals surface area contributed by atoms with Crippen molar-refractivity contribution in [2.45, 2.75) is 50.1 Å². The van der Waals surface area contributed by atoms with Gasteiger partial charge in [0.1, 0.15) is 0 Å². The topological polar surface area (TPSA) is 54.9 Å². The molecule has 6 heteroatoms. The van der Waals surface area contributed by atoms with Crippen LogP contribution in [-0.2, 0) is 10.5 Å². The molecule has 0 saturated carbocycles. The van der Waals surface area contributed by atoms with Gasteiger partial charge in [-0.15, -0.1) is 10.2 Å². The normalized spacial score (nSPS) is 10.7. The van der Waals surface area contributed by atoms with Crippen LogP contribution in [0.5, 0.6) is 0 Å². The van der Waals surface area contributed by atoms with Crippen LogP contribution in [0.15, 0.2) is 22.5 Å². The number of carbonyl (C=O) groups is 1. The Hall–Kier alpha value is -1.40. The summed E-state index contributed by atoms with van der Waals surface area (Å²) < 4.78 is 0.881. The average molecular weight is 335 g/mol. The molecule has 2 rings (SSSR count). The fourth-order valence-corrected chi connectivity index (χ4v) is 3.76. The van der Waals surface area contributed by atoms with Crippen LogP contribution < -0.4 is 5.32 Å². The smallest absolute Gasteiger partial charge is 0.226 e. The van der Waals surface area contributed by atoms with Gasteiger partial charge in [0.2, 0.25) is 11.0 Å². The molecule has 118 valence electrons. The van der Waals surface area contributed by atoms with Crippen LogP contribution in [0.1, 0.15) is 42.9 Å². The molecule has 0 atom stereocenters. The highest BCUT2D eigenvalue weighted by atomic mass is 32.2. The number of amides is 1. The Morgan fingerprint density at radius 1 is 1.32 bits per heavy atom. The third kappa shape index (κ3) is 5.10. The molecule has 4 nitrogen and oxygen atoms in total. The van der Waals surface area contributed by atoms with Crippen molar-refractivity contribution in [2.75, 3.05) is 5.32 Å².